The van der Waals surface area contributed by atoms with Gasteiger partial charge in [-0.25, -0.2) is 0 Å². The first-order chi connectivity index (χ1) is 10.2. The summed E-state index contributed by atoms with van der Waals surface area (Å²) in [5.41, 5.74) is 2.44. The standard InChI is InChI=1S/C18H25NO2/c1-5-11-19-18(17-10-8-14(6-2)21-17)16-9-7-15(20-4)12-13(16)3/h7-10,12,18-19H,5-6,11H2,1-4H3. The third-order valence-electron chi connectivity index (χ3n) is 3.70. The Morgan fingerprint density at radius 2 is 2.00 bits per heavy atom. The molecule has 0 fully saturated rings. The summed E-state index contributed by atoms with van der Waals surface area (Å²) in [5, 5.41) is 3.58. The topological polar surface area (TPSA) is 34.4 Å². The Hall–Kier alpha value is -1.74. The summed E-state index contributed by atoms with van der Waals surface area (Å²) < 4.78 is 11.3. The Kier molecular flexibility index (Phi) is 5.45. The number of ether oxygens (including phenoxy) is 1. The first kappa shape index (κ1) is 15.6. The van der Waals surface area contributed by atoms with Crippen LogP contribution in [0.4, 0.5) is 0 Å². The molecule has 0 saturated heterocycles. The zero-order valence-corrected chi connectivity index (χ0v) is 13.4. The van der Waals surface area contributed by atoms with Crippen LogP contribution >= 0.6 is 0 Å². The van der Waals surface area contributed by atoms with E-state index >= 15 is 0 Å². The highest BCUT2D eigenvalue weighted by molar-refractivity contribution is 5.39. The second-order valence-corrected chi connectivity index (χ2v) is 5.27. The van der Waals surface area contributed by atoms with Crippen LogP contribution in [-0.2, 0) is 6.42 Å². The van der Waals surface area contributed by atoms with E-state index in [0.29, 0.717) is 0 Å². The number of rotatable bonds is 7. The molecule has 2 rings (SSSR count). The molecule has 1 unspecified atom stereocenters. The van der Waals surface area contributed by atoms with Gasteiger partial charge in [0.25, 0.3) is 0 Å². The van der Waals surface area contributed by atoms with Crippen LogP contribution in [0.15, 0.2) is 34.7 Å². The fraction of sp³-hybridized carbons (Fsp3) is 0.444. The maximum atomic E-state index is 5.96. The van der Waals surface area contributed by atoms with Crippen molar-refractivity contribution in [2.75, 3.05) is 13.7 Å². The third-order valence-corrected chi connectivity index (χ3v) is 3.70. The monoisotopic (exact) mass is 287 g/mol. The number of furan rings is 1. The van der Waals surface area contributed by atoms with Crippen LogP contribution < -0.4 is 10.1 Å². The summed E-state index contributed by atoms with van der Waals surface area (Å²) in [5.74, 6) is 2.90. The molecule has 3 heteroatoms. The number of aryl methyl sites for hydroxylation is 2. The van der Waals surface area contributed by atoms with E-state index in [0.717, 1.165) is 36.7 Å². The van der Waals surface area contributed by atoms with Gasteiger partial charge in [-0.05, 0) is 55.3 Å². The Labute approximate surface area is 127 Å². The molecule has 0 radical (unpaired) electrons. The molecule has 21 heavy (non-hydrogen) atoms. The van der Waals surface area contributed by atoms with Crippen molar-refractivity contribution < 1.29 is 9.15 Å². The van der Waals surface area contributed by atoms with Gasteiger partial charge < -0.3 is 14.5 Å². The van der Waals surface area contributed by atoms with Gasteiger partial charge in [0.2, 0.25) is 0 Å². The Morgan fingerprint density at radius 1 is 1.19 bits per heavy atom. The van der Waals surface area contributed by atoms with Crippen LogP contribution in [0.3, 0.4) is 0 Å². The normalized spacial score (nSPS) is 12.4. The third kappa shape index (κ3) is 3.67. The van der Waals surface area contributed by atoms with E-state index < -0.39 is 0 Å². The molecular formula is C18H25NO2. The van der Waals surface area contributed by atoms with Gasteiger partial charge in [0.15, 0.2) is 0 Å². The van der Waals surface area contributed by atoms with E-state index in [1.807, 2.05) is 6.07 Å². The number of benzene rings is 1. The lowest BCUT2D eigenvalue weighted by Crippen LogP contribution is -2.23. The van der Waals surface area contributed by atoms with Gasteiger partial charge in [0.05, 0.1) is 13.2 Å². The lowest BCUT2D eigenvalue weighted by Gasteiger charge is -2.19. The minimum atomic E-state index is 0.0937. The Morgan fingerprint density at radius 3 is 2.57 bits per heavy atom. The molecule has 1 aromatic heterocycles. The van der Waals surface area contributed by atoms with Gasteiger partial charge in [-0.3, -0.25) is 0 Å². The predicted octanol–water partition coefficient (Wildman–Crippen LogP) is 4.25. The van der Waals surface area contributed by atoms with Crippen molar-refractivity contribution in [1.29, 1.82) is 0 Å². The number of hydrogen-bond donors (Lipinski definition) is 1. The van der Waals surface area contributed by atoms with E-state index in [4.69, 9.17) is 9.15 Å². The van der Waals surface area contributed by atoms with E-state index in [-0.39, 0.29) is 6.04 Å². The van der Waals surface area contributed by atoms with Crippen LogP contribution in [0.5, 0.6) is 5.75 Å². The zero-order valence-electron chi connectivity index (χ0n) is 13.4. The van der Waals surface area contributed by atoms with Crippen molar-refractivity contribution in [3.63, 3.8) is 0 Å². The molecule has 0 saturated carbocycles. The van der Waals surface area contributed by atoms with Crippen molar-refractivity contribution in [3.8, 4) is 5.75 Å². The summed E-state index contributed by atoms with van der Waals surface area (Å²) in [6, 6.07) is 10.4. The first-order valence-electron chi connectivity index (χ1n) is 7.66. The van der Waals surface area contributed by atoms with Crippen molar-refractivity contribution in [3.05, 3.63) is 53.0 Å². The van der Waals surface area contributed by atoms with Crippen molar-refractivity contribution in [2.45, 2.75) is 39.7 Å². The lowest BCUT2D eigenvalue weighted by molar-refractivity contribution is 0.411. The minimum absolute atomic E-state index is 0.0937. The van der Waals surface area contributed by atoms with Gasteiger partial charge in [-0.2, -0.15) is 0 Å². The summed E-state index contributed by atoms with van der Waals surface area (Å²) >= 11 is 0. The maximum Gasteiger partial charge on any atom is 0.125 e. The van der Waals surface area contributed by atoms with E-state index in [9.17, 15) is 0 Å². The fourth-order valence-electron chi connectivity index (χ4n) is 2.49. The average molecular weight is 287 g/mol. The van der Waals surface area contributed by atoms with Gasteiger partial charge in [0.1, 0.15) is 17.3 Å². The highest BCUT2D eigenvalue weighted by Crippen LogP contribution is 2.29. The highest BCUT2D eigenvalue weighted by Gasteiger charge is 2.19. The van der Waals surface area contributed by atoms with E-state index in [2.05, 4.69) is 50.4 Å². The molecule has 3 nitrogen and oxygen atoms in total. The number of hydrogen-bond acceptors (Lipinski definition) is 3. The Balaban J connectivity index is 2.35. The Bertz CT molecular complexity index is 574. The number of nitrogens with one attached hydrogen (secondary N) is 1. The second kappa shape index (κ2) is 7.32. The van der Waals surface area contributed by atoms with Crippen molar-refractivity contribution in [2.24, 2.45) is 0 Å². The average Bonchev–Trinajstić information content (AvgIpc) is 2.97. The smallest absolute Gasteiger partial charge is 0.125 e. The summed E-state index contributed by atoms with van der Waals surface area (Å²) in [7, 11) is 1.70. The maximum absolute atomic E-state index is 5.96. The quantitative estimate of drug-likeness (QED) is 0.826. The van der Waals surface area contributed by atoms with Gasteiger partial charge in [0, 0.05) is 6.42 Å². The van der Waals surface area contributed by atoms with Gasteiger partial charge >= 0.3 is 0 Å². The van der Waals surface area contributed by atoms with Crippen LogP contribution in [0.1, 0.15) is 49.0 Å². The summed E-state index contributed by atoms with van der Waals surface area (Å²) in [4.78, 5) is 0. The molecule has 0 spiro atoms. The zero-order chi connectivity index (χ0) is 15.2. The molecule has 1 atom stereocenters. The summed E-state index contributed by atoms with van der Waals surface area (Å²) in [6.07, 6.45) is 2.01. The van der Waals surface area contributed by atoms with Crippen LogP contribution in [-0.4, -0.2) is 13.7 Å². The molecule has 0 aliphatic carbocycles. The SMILES string of the molecule is CCCNC(c1ccc(CC)o1)c1ccc(OC)cc1C. The summed E-state index contributed by atoms with van der Waals surface area (Å²) in [6.45, 7) is 7.35. The van der Waals surface area contributed by atoms with E-state index in [1.165, 1.54) is 11.1 Å². The molecule has 0 aliphatic rings. The molecule has 1 aromatic carbocycles. The number of methoxy groups -OCH3 is 1. The van der Waals surface area contributed by atoms with E-state index in [1.54, 1.807) is 7.11 Å². The van der Waals surface area contributed by atoms with Crippen LogP contribution in [0.2, 0.25) is 0 Å². The van der Waals surface area contributed by atoms with Gasteiger partial charge in [-0.1, -0.05) is 19.9 Å². The highest BCUT2D eigenvalue weighted by atomic mass is 16.5. The fourth-order valence-corrected chi connectivity index (χ4v) is 2.49. The van der Waals surface area contributed by atoms with Crippen molar-refractivity contribution in [1.82, 2.24) is 5.32 Å². The molecule has 0 aliphatic heterocycles. The molecule has 0 amide bonds. The van der Waals surface area contributed by atoms with Crippen LogP contribution in [0, 0.1) is 6.92 Å². The van der Waals surface area contributed by atoms with Crippen LogP contribution in [0.25, 0.3) is 0 Å². The minimum Gasteiger partial charge on any atom is -0.497 e. The predicted molar refractivity (Wildman–Crippen MR) is 86.0 cm³/mol. The molecule has 2 aromatic rings. The molecule has 1 heterocycles. The largest absolute Gasteiger partial charge is 0.497 e. The second-order valence-electron chi connectivity index (χ2n) is 5.27. The first-order valence-corrected chi connectivity index (χ1v) is 7.66. The molecule has 114 valence electrons. The molecule has 0 bridgehead atoms. The molecule has 1 N–H and O–H groups in total. The van der Waals surface area contributed by atoms with Crippen molar-refractivity contribution >= 4 is 0 Å². The lowest BCUT2D eigenvalue weighted by atomic mass is 9.99. The molecular weight excluding hydrogens is 262 g/mol. The van der Waals surface area contributed by atoms with Gasteiger partial charge in [-0.15, -0.1) is 0 Å².